The van der Waals surface area contributed by atoms with Crippen LogP contribution in [0, 0.1) is 0 Å². The van der Waals surface area contributed by atoms with Crippen molar-refractivity contribution in [1.29, 1.82) is 0 Å². The van der Waals surface area contributed by atoms with Crippen LogP contribution in [0.25, 0.3) is 22.4 Å². The molecule has 0 saturated heterocycles. The molecule has 1 aromatic heterocycles. The second-order valence-electron chi connectivity index (χ2n) is 11.7. The Morgan fingerprint density at radius 1 is 0.375 bits per heavy atom. The van der Waals surface area contributed by atoms with Crippen molar-refractivity contribution in [2.24, 2.45) is 0 Å². The van der Waals surface area contributed by atoms with Crippen molar-refractivity contribution >= 4 is 45.2 Å². The summed E-state index contributed by atoms with van der Waals surface area (Å²) in [5, 5.41) is 0. The van der Waals surface area contributed by atoms with Crippen molar-refractivity contribution in [3.8, 4) is 11.4 Å². The maximum atomic E-state index is 5.14. The molecule has 230 valence electrons. The zero-order valence-electron chi connectivity index (χ0n) is 26.5. The molecule has 0 aliphatic heterocycles. The number of rotatable bonds is 9. The Bertz CT molecular complexity index is 2150. The van der Waals surface area contributed by atoms with Crippen molar-refractivity contribution < 1.29 is 0 Å². The van der Waals surface area contributed by atoms with E-state index in [1.54, 1.807) is 0 Å². The number of imidazole rings is 1. The summed E-state index contributed by atoms with van der Waals surface area (Å²) in [6.07, 6.45) is 0. The van der Waals surface area contributed by atoms with Gasteiger partial charge < -0.3 is 14.4 Å². The average molecular weight is 619 g/mol. The molecule has 0 unspecified atom stereocenters. The van der Waals surface area contributed by atoms with Gasteiger partial charge in [-0.2, -0.15) is 0 Å². The van der Waals surface area contributed by atoms with Crippen molar-refractivity contribution in [2.45, 2.75) is 6.54 Å². The van der Waals surface area contributed by atoms with E-state index in [4.69, 9.17) is 4.98 Å². The van der Waals surface area contributed by atoms with Crippen LogP contribution in [0.3, 0.4) is 0 Å². The van der Waals surface area contributed by atoms with Gasteiger partial charge in [0.25, 0.3) is 0 Å². The number of benzene rings is 7. The van der Waals surface area contributed by atoms with Crippen molar-refractivity contribution in [3.63, 3.8) is 0 Å². The fourth-order valence-corrected chi connectivity index (χ4v) is 6.35. The van der Waals surface area contributed by atoms with E-state index in [0.29, 0.717) is 6.54 Å². The monoisotopic (exact) mass is 618 g/mol. The maximum absolute atomic E-state index is 5.14. The summed E-state index contributed by atoms with van der Waals surface area (Å²) in [7, 11) is 0. The van der Waals surface area contributed by atoms with E-state index in [0.717, 1.165) is 56.5 Å². The Labute approximate surface area is 281 Å². The van der Waals surface area contributed by atoms with Gasteiger partial charge in [0.05, 0.1) is 11.0 Å². The van der Waals surface area contributed by atoms with Crippen molar-refractivity contribution in [3.05, 3.63) is 200 Å². The van der Waals surface area contributed by atoms with Gasteiger partial charge in [0.2, 0.25) is 0 Å². The fraction of sp³-hybridized carbons (Fsp3) is 0.0227. The molecule has 0 N–H and O–H groups in total. The van der Waals surface area contributed by atoms with E-state index in [1.807, 2.05) is 0 Å². The van der Waals surface area contributed by atoms with Crippen LogP contribution in [0.2, 0.25) is 0 Å². The van der Waals surface area contributed by atoms with Gasteiger partial charge in [-0.15, -0.1) is 0 Å². The average Bonchev–Trinajstić information content (AvgIpc) is 3.53. The zero-order chi connectivity index (χ0) is 32.1. The first-order chi connectivity index (χ1) is 23.8. The van der Waals surface area contributed by atoms with Gasteiger partial charge in [0, 0.05) is 46.2 Å². The van der Waals surface area contributed by atoms with Gasteiger partial charge in [-0.3, -0.25) is 0 Å². The maximum Gasteiger partial charge on any atom is 0.141 e. The van der Waals surface area contributed by atoms with Crippen molar-refractivity contribution in [1.82, 2.24) is 9.55 Å². The van der Waals surface area contributed by atoms with Gasteiger partial charge in [0.1, 0.15) is 5.82 Å². The Morgan fingerprint density at radius 2 is 0.750 bits per heavy atom. The smallest absolute Gasteiger partial charge is 0.141 e. The molecule has 0 atom stereocenters. The highest BCUT2D eigenvalue weighted by molar-refractivity contribution is 5.83. The first-order valence-electron chi connectivity index (χ1n) is 16.3. The van der Waals surface area contributed by atoms with Gasteiger partial charge in [-0.25, -0.2) is 4.98 Å². The molecule has 0 spiro atoms. The Balaban J connectivity index is 1.13. The van der Waals surface area contributed by atoms with Crippen LogP contribution < -0.4 is 9.80 Å². The lowest BCUT2D eigenvalue weighted by Gasteiger charge is -2.25. The van der Waals surface area contributed by atoms with Crippen LogP contribution in [-0.4, -0.2) is 9.55 Å². The molecule has 0 aliphatic carbocycles. The third-order valence-electron chi connectivity index (χ3n) is 8.63. The Morgan fingerprint density at radius 3 is 1.21 bits per heavy atom. The van der Waals surface area contributed by atoms with Crippen LogP contribution >= 0.6 is 0 Å². The second kappa shape index (κ2) is 13.1. The third kappa shape index (κ3) is 5.83. The summed E-state index contributed by atoms with van der Waals surface area (Å²) in [4.78, 5) is 9.71. The summed E-state index contributed by atoms with van der Waals surface area (Å²) in [5.41, 5.74) is 11.1. The molecule has 0 saturated carbocycles. The Hall–Kier alpha value is -6.39. The Kier molecular flexibility index (Phi) is 7.96. The lowest BCUT2D eigenvalue weighted by molar-refractivity contribution is 0.834. The lowest BCUT2D eigenvalue weighted by Crippen LogP contribution is -2.10. The molecular weight excluding hydrogens is 585 g/mol. The van der Waals surface area contributed by atoms with Crippen molar-refractivity contribution in [2.75, 3.05) is 9.80 Å². The summed E-state index contributed by atoms with van der Waals surface area (Å²) < 4.78 is 2.33. The van der Waals surface area contributed by atoms with Gasteiger partial charge in [0.15, 0.2) is 0 Å². The first kappa shape index (κ1) is 29.0. The molecule has 0 radical (unpaired) electrons. The summed E-state index contributed by atoms with van der Waals surface area (Å²) in [5.74, 6) is 0.952. The number of hydrogen-bond acceptors (Lipinski definition) is 3. The lowest BCUT2D eigenvalue weighted by atomic mass is 10.1. The molecule has 0 aliphatic rings. The van der Waals surface area contributed by atoms with Gasteiger partial charge in [-0.05, 0) is 103 Å². The zero-order valence-corrected chi connectivity index (χ0v) is 26.5. The minimum absolute atomic E-state index is 0.703. The predicted molar refractivity (Wildman–Crippen MR) is 200 cm³/mol. The van der Waals surface area contributed by atoms with E-state index < -0.39 is 0 Å². The van der Waals surface area contributed by atoms with Gasteiger partial charge >= 0.3 is 0 Å². The number of anilines is 6. The molecule has 0 fully saturated rings. The quantitative estimate of drug-likeness (QED) is 0.161. The molecule has 8 aromatic rings. The SMILES string of the molecule is c1ccc(N(c2ccccc2)c2ccc(Cn3c(-c4ccc(N(c5ccccc5)c5ccccc5)cc4)nc4ccccc43)cc2)cc1. The molecule has 48 heavy (non-hydrogen) atoms. The normalized spacial score (nSPS) is 11.0. The van der Waals surface area contributed by atoms with Crippen LogP contribution in [0.1, 0.15) is 5.56 Å². The van der Waals surface area contributed by atoms with Crippen LogP contribution in [-0.2, 0) is 6.54 Å². The van der Waals surface area contributed by atoms with Crippen LogP contribution in [0.5, 0.6) is 0 Å². The largest absolute Gasteiger partial charge is 0.319 e. The van der Waals surface area contributed by atoms with E-state index in [1.165, 1.54) is 5.56 Å². The second-order valence-corrected chi connectivity index (χ2v) is 11.7. The minimum Gasteiger partial charge on any atom is -0.319 e. The number of hydrogen-bond donors (Lipinski definition) is 0. The highest BCUT2D eigenvalue weighted by Gasteiger charge is 2.17. The number of nitrogens with zero attached hydrogens (tertiary/aromatic N) is 4. The first-order valence-corrected chi connectivity index (χ1v) is 16.3. The molecule has 1 heterocycles. The fourth-order valence-electron chi connectivity index (χ4n) is 6.35. The predicted octanol–water partition coefficient (Wildman–Crippen LogP) is 11.7. The van der Waals surface area contributed by atoms with E-state index in [-0.39, 0.29) is 0 Å². The van der Waals surface area contributed by atoms with E-state index in [2.05, 4.69) is 208 Å². The minimum atomic E-state index is 0.703. The molecule has 7 aromatic carbocycles. The molecule has 4 heteroatoms. The molecule has 4 nitrogen and oxygen atoms in total. The topological polar surface area (TPSA) is 24.3 Å². The van der Waals surface area contributed by atoms with Gasteiger partial charge in [-0.1, -0.05) is 97.1 Å². The molecule has 8 rings (SSSR count). The number of fused-ring (bicyclic) bond motifs is 1. The highest BCUT2D eigenvalue weighted by Crippen LogP contribution is 2.37. The summed E-state index contributed by atoms with van der Waals surface area (Å²) in [6, 6.07) is 68.1. The van der Waals surface area contributed by atoms with Crippen LogP contribution in [0.15, 0.2) is 194 Å². The molecule has 0 amide bonds. The summed E-state index contributed by atoms with van der Waals surface area (Å²) in [6.45, 7) is 0.703. The number of aromatic nitrogens is 2. The highest BCUT2D eigenvalue weighted by atomic mass is 15.1. The third-order valence-corrected chi connectivity index (χ3v) is 8.63. The molecule has 0 bridgehead atoms. The van der Waals surface area contributed by atoms with E-state index in [9.17, 15) is 0 Å². The number of para-hydroxylation sites is 6. The standard InChI is InChI=1S/C44H34N4/c1-5-15-36(16-6-1)47(37-17-7-2-8-18-37)40-29-25-34(26-30-40)33-46-43-24-14-13-23-42(43)45-44(46)35-27-31-41(32-28-35)48(38-19-9-3-10-20-38)39-21-11-4-12-22-39/h1-32H,33H2. The van der Waals surface area contributed by atoms with E-state index >= 15 is 0 Å². The van der Waals surface area contributed by atoms with Crippen LogP contribution in [0.4, 0.5) is 34.1 Å². The summed E-state index contributed by atoms with van der Waals surface area (Å²) >= 11 is 0. The molecular formula is C44H34N4.